The van der Waals surface area contributed by atoms with Crippen molar-refractivity contribution in [3.8, 4) is 22.8 Å². The van der Waals surface area contributed by atoms with E-state index in [0.29, 0.717) is 29.3 Å². The van der Waals surface area contributed by atoms with Crippen molar-refractivity contribution < 1.29 is 14.2 Å². The summed E-state index contributed by atoms with van der Waals surface area (Å²) >= 11 is 0. The van der Waals surface area contributed by atoms with Crippen LogP contribution in [0.15, 0.2) is 60.7 Å². The molecule has 2 aromatic heterocycles. The molecule has 8 heteroatoms. The third kappa shape index (κ3) is 4.10. The minimum atomic E-state index is -0.665. The summed E-state index contributed by atoms with van der Waals surface area (Å²) in [7, 11) is 0. The molecule has 0 radical (unpaired) electrons. The Morgan fingerprint density at radius 2 is 1.85 bits per heavy atom. The van der Waals surface area contributed by atoms with Crippen molar-refractivity contribution in [3.63, 3.8) is 0 Å². The highest BCUT2D eigenvalue weighted by Crippen LogP contribution is 2.41. The zero-order chi connectivity index (χ0) is 23.1. The van der Waals surface area contributed by atoms with Crippen LogP contribution in [0.1, 0.15) is 36.3 Å². The second-order valence-corrected chi connectivity index (χ2v) is 8.91. The Morgan fingerprint density at radius 3 is 2.65 bits per heavy atom. The number of nitrogens with zero attached hydrogens (tertiary/aromatic N) is 4. The summed E-state index contributed by atoms with van der Waals surface area (Å²) in [6.45, 7) is 4.05. The first-order chi connectivity index (χ1) is 16.7. The van der Waals surface area contributed by atoms with Crippen molar-refractivity contribution in [2.75, 3.05) is 26.2 Å². The number of likely N-dealkylation sites (tertiary alicyclic amines) is 1. The predicted octanol–water partition coefficient (Wildman–Crippen LogP) is 4.10. The lowest BCUT2D eigenvalue weighted by atomic mass is 10.1. The molecular weight excluding hydrogens is 433 g/mol. The Balaban J connectivity index is 1.15. The van der Waals surface area contributed by atoms with Gasteiger partial charge in [-0.2, -0.15) is 0 Å². The standard InChI is InChI=1S/C26H26FN5O2/c27-20-16-18(8-11-22(20)33)21-4-3-5-23-28-26(30-32(21)23)25-24(29-25)17-6-9-19(10-7-17)34-15-14-31-12-1-2-13-31/h3-11,16,24-25,29,33H,1-2,12-15H2. The van der Waals surface area contributed by atoms with Crippen molar-refractivity contribution in [1.82, 2.24) is 24.8 Å². The minimum absolute atomic E-state index is 0.0197. The monoisotopic (exact) mass is 459 g/mol. The minimum Gasteiger partial charge on any atom is -0.505 e. The summed E-state index contributed by atoms with van der Waals surface area (Å²) in [5, 5.41) is 17.7. The molecule has 0 bridgehead atoms. The molecule has 2 saturated heterocycles. The van der Waals surface area contributed by atoms with E-state index in [1.54, 1.807) is 10.6 Å². The maximum Gasteiger partial charge on any atom is 0.170 e. The lowest BCUT2D eigenvalue weighted by Gasteiger charge is -2.15. The molecule has 34 heavy (non-hydrogen) atoms. The van der Waals surface area contributed by atoms with Crippen molar-refractivity contribution in [2.45, 2.75) is 24.9 Å². The number of aromatic hydroxyl groups is 1. The number of fused-ring (bicyclic) bond motifs is 1. The van der Waals surface area contributed by atoms with Crippen LogP contribution in [0.5, 0.6) is 11.5 Å². The molecule has 2 atom stereocenters. The zero-order valence-corrected chi connectivity index (χ0v) is 18.7. The molecule has 4 heterocycles. The molecule has 2 aromatic carbocycles. The molecule has 7 nitrogen and oxygen atoms in total. The highest BCUT2D eigenvalue weighted by molar-refractivity contribution is 5.64. The van der Waals surface area contributed by atoms with Gasteiger partial charge < -0.3 is 9.84 Å². The van der Waals surface area contributed by atoms with E-state index >= 15 is 0 Å². The Bertz CT molecular complexity index is 1320. The van der Waals surface area contributed by atoms with E-state index in [9.17, 15) is 9.50 Å². The number of ether oxygens (including phenoxy) is 1. The lowest BCUT2D eigenvalue weighted by molar-refractivity contribution is 0.238. The molecule has 0 spiro atoms. The number of benzene rings is 2. The number of aromatic nitrogens is 3. The van der Waals surface area contributed by atoms with Crippen LogP contribution in [-0.2, 0) is 0 Å². The Labute approximate surface area is 196 Å². The molecule has 0 aliphatic carbocycles. The third-order valence-corrected chi connectivity index (χ3v) is 6.60. The van der Waals surface area contributed by atoms with Gasteiger partial charge in [-0.3, -0.25) is 10.2 Å². The molecule has 2 fully saturated rings. The van der Waals surface area contributed by atoms with Crippen LogP contribution in [0.4, 0.5) is 4.39 Å². The Kier molecular flexibility index (Phi) is 5.39. The SMILES string of the molecule is Oc1ccc(-c2cccc3nc(C4NC4c4ccc(OCCN5CCCC5)cc4)nn23)cc1F. The molecule has 2 aliphatic rings. The number of hydrogen-bond donors (Lipinski definition) is 2. The second-order valence-electron chi connectivity index (χ2n) is 8.91. The van der Waals surface area contributed by atoms with Gasteiger partial charge in [0.15, 0.2) is 23.0 Å². The maximum atomic E-state index is 13.9. The van der Waals surface area contributed by atoms with Crippen molar-refractivity contribution in [1.29, 1.82) is 0 Å². The number of halogens is 1. The first-order valence-electron chi connectivity index (χ1n) is 11.7. The normalized spacial score (nSPS) is 20.1. The van der Waals surface area contributed by atoms with Crippen molar-refractivity contribution in [2.24, 2.45) is 0 Å². The topological polar surface area (TPSA) is 84.8 Å². The van der Waals surface area contributed by atoms with E-state index in [1.165, 1.54) is 38.1 Å². The van der Waals surface area contributed by atoms with Gasteiger partial charge >= 0.3 is 0 Å². The van der Waals surface area contributed by atoms with Crippen LogP contribution in [-0.4, -0.2) is 50.8 Å². The molecule has 2 N–H and O–H groups in total. The van der Waals surface area contributed by atoms with Crippen LogP contribution < -0.4 is 10.1 Å². The van der Waals surface area contributed by atoms with Crippen LogP contribution in [0.25, 0.3) is 16.9 Å². The Morgan fingerprint density at radius 1 is 1.03 bits per heavy atom. The molecule has 6 rings (SSSR count). The lowest BCUT2D eigenvalue weighted by Crippen LogP contribution is -2.25. The van der Waals surface area contributed by atoms with Gasteiger partial charge in [-0.1, -0.05) is 18.2 Å². The van der Waals surface area contributed by atoms with Gasteiger partial charge in [-0.05, 0) is 74.0 Å². The van der Waals surface area contributed by atoms with Crippen molar-refractivity contribution in [3.05, 3.63) is 77.9 Å². The maximum absolute atomic E-state index is 13.9. The molecule has 4 aromatic rings. The fourth-order valence-electron chi connectivity index (χ4n) is 4.66. The van der Waals surface area contributed by atoms with Crippen LogP contribution in [0.2, 0.25) is 0 Å². The van der Waals surface area contributed by atoms with Gasteiger partial charge in [0.2, 0.25) is 0 Å². The second kappa shape index (κ2) is 8.70. The first kappa shape index (κ1) is 21.1. The molecule has 0 saturated carbocycles. The van der Waals surface area contributed by atoms with E-state index in [1.807, 2.05) is 30.3 Å². The quantitative estimate of drug-likeness (QED) is 0.405. The van der Waals surface area contributed by atoms with E-state index in [4.69, 9.17) is 9.84 Å². The van der Waals surface area contributed by atoms with Gasteiger partial charge in [-0.25, -0.2) is 13.9 Å². The highest BCUT2D eigenvalue weighted by Gasteiger charge is 2.42. The van der Waals surface area contributed by atoms with Crippen LogP contribution in [0, 0.1) is 5.82 Å². The summed E-state index contributed by atoms with van der Waals surface area (Å²) in [6, 6.07) is 18.3. The number of phenols is 1. The Hall–Kier alpha value is -3.49. The number of rotatable bonds is 7. The van der Waals surface area contributed by atoms with Crippen LogP contribution >= 0.6 is 0 Å². The smallest absolute Gasteiger partial charge is 0.170 e. The van der Waals surface area contributed by atoms with Crippen molar-refractivity contribution >= 4 is 5.65 Å². The largest absolute Gasteiger partial charge is 0.505 e. The van der Waals surface area contributed by atoms with E-state index in [2.05, 4.69) is 27.3 Å². The fourth-order valence-corrected chi connectivity index (χ4v) is 4.66. The van der Waals surface area contributed by atoms with E-state index in [-0.39, 0.29) is 17.8 Å². The van der Waals surface area contributed by atoms with Gasteiger partial charge in [-0.15, -0.1) is 5.10 Å². The molecule has 0 amide bonds. The molecule has 2 unspecified atom stereocenters. The average molecular weight is 460 g/mol. The summed E-state index contributed by atoms with van der Waals surface area (Å²) in [5.74, 6) is 0.546. The van der Waals surface area contributed by atoms with Gasteiger partial charge in [0.1, 0.15) is 12.4 Å². The summed E-state index contributed by atoms with van der Waals surface area (Å²) in [4.78, 5) is 7.13. The number of hydrogen-bond acceptors (Lipinski definition) is 6. The molecular formula is C26H26FN5O2. The van der Waals surface area contributed by atoms with Gasteiger partial charge in [0.05, 0.1) is 17.8 Å². The van der Waals surface area contributed by atoms with Crippen LogP contribution in [0.3, 0.4) is 0 Å². The number of nitrogens with one attached hydrogen (secondary N) is 1. The molecule has 174 valence electrons. The van der Waals surface area contributed by atoms with Gasteiger partial charge in [0, 0.05) is 12.1 Å². The first-order valence-corrected chi connectivity index (χ1v) is 11.7. The number of pyridine rings is 1. The molecule has 2 aliphatic heterocycles. The summed E-state index contributed by atoms with van der Waals surface area (Å²) < 4.78 is 21.5. The van der Waals surface area contributed by atoms with E-state index in [0.717, 1.165) is 17.9 Å². The van der Waals surface area contributed by atoms with E-state index < -0.39 is 5.82 Å². The summed E-state index contributed by atoms with van der Waals surface area (Å²) in [5.41, 5.74) is 3.19. The third-order valence-electron chi connectivity index (χ3n) is 6.60. The fraction of sp³-hybridized carbons (Fsp3) is 0.308. The number of phenolic OH excluding ortho intramolecular Hbond substituents is 1. The highest BCUT2D eigenvalue weighted by atomic mass is 19.1. The summed E-state index contributed by atoms with van der Waals surface area (Å²) in [6.07, 6.45) is 2.59. The average Bonchev–Trinajstić information content (AvgIpc) is 3.25. The van der Waals surface area contributed by atoms with Gasteiger partial charge in [0.25, 0.3) is 0 Å². The predicted molar refractivity (Wildman–Crippen MR) is 126 cm³/mol. The zero-order valence-electron chi connectivity index (χ0n) is 18.7.